The summed E-state index contributed by atoms with van der Waals surface area (Å²) in [4.78, 5) is 0. The van der Waals surface area contributed by atoms with Gasteiger partial charge in [-0.15, -0.1) is 0 Å². The first-order chi connectivity index (χ1) is 17.6. The largest absolute Gasteiger partial charge is 0.271 e. The zero-order valence-electron chi connectivity index (χ0n) is 20.8. The molecule has 5 aromatic carbocycles. The Morgan fingerprint density at radius 1 is 0.528 bits per heavy atom. The van der Waals surface area contributed by atoms with Crippen LogP contribution in [0.5, 0.6) is 0 Å². The molecule has 6 rings (SSSR count). The van der Waals surface area contributed by atoms with Gasteiger partial charge in [0.05, 0.1) is 5.56 Å². The fourth-order valence-corrected chi connectivity index (χ4v) is 6.13. The first-order valence-corrected chi connectivity index (χ1v) is 13.2. The molecule has 2 heteroatoms. The Morgan fingerprint density at radius 2 is 1.06 bits per heavy atom. The van der Waals surface area contributed by atoms with Crippen LogP contribution in [0.4, 0.5) is 0 Å². The van der Waals surface area contributed by atoms with Gasteiger partial charge in [-0.3, -0.25) is 0 Å². The molecule has 0 saturated heterocycles. The number of nitrogens with zero attached hydrogens (tertiary/aromatic N) is 1. The van der Waals surface area contributed by atoms with Crippen LogP contribution in [-0.2, 0) is 7.05 Å². The van der Waals surface area contributed by atoms with Gasteiger partial charge >= 0.3 is 0 Å². The van der Waals surface area contributed by atoms with E-state index in [1.54, 1.807) is 0 Å². The van der Waals surface area contributed by atoms with E-state index in [1.165, 1.54) is 65.3 Å². The Kier molecular flexibility index (Phi) is 5.75. The summed E-state index contributed by atoms with van der Waals surface area (Å²) in [5.74, 6) is 0. The van der Waals surface area contributed by atoms with E-state index in [0.717, 1.165) is 0 Å². The minimum Gasteiger partial charge on any atom is -0.184 e. The predicted molar refractivity (Wildman–Crippen MR) is 154 cm³/mol. The highest BCUT2D eigenvalue weighted by atomic mass is 32.1. The van der Waals surface area contributed by atoms with E-state index < -0.39 is 0 Å². The summed E-state index contributed by atoms with van der Waals surface area (Å²) in [6, 6.07) is 42.0. The van der Waals surface area contributed by atoms with E-state index in [1.807, 2.05) is 11.3 Å². The molecule has 0 saturated carbocycles. The van der Waals surface area contributed by atoms with Crippen molar-refractivity contribution >= 4 is 21.6 Å². The van der Waals surface area contributed by atoms with Crippen LogP contribution in [0.2, 0.25) is 0 Å². The van der Waals surface area contributed by atoms with E-state index in [-0.39, 0.29) is 0 Å². The van der Waals surface area contributed by atoms with Gasteiger partial charge in [0.25, 0.3) is 5.01 Å². The van der Waals surface area contributed by atoms with E-state index in [4.69, 9.17) is 0 Å². The van der Waals surface area contributed by atoms with Crippen LogP contribution in [0.3, 0.4) is 0 Å². The van der Waals surface area contributed by atoms with E-state index >= 15 is 0 Å². The van der Waals surface area contributed by atoms with Gasteiger partial charge in [0.2, 0.25) is 5.52 Å². The van der Waals surface area contributed by atoms with Crippen LogP contribution in [0, 0.1) is 13.8 Å². The van der Waals surface area contributed by atoms with E-state index in [9.17, 15) is 0 Å². The molecule has 0 N–H and O–H groups in total. The third kappa shape index (κ3) is 4.04. The minimum atomic E-state index is 1.23. The Labute approximate surface area is 217 Å². The highest BCUT2D eigenvalue weighted by molar-refractivity contribution is 7.21. The van der Waals surface area contributed by atoms with Crippen molar-refractivity contribution < 1.29 is 4.57 Å². The molecule has 0 amide bonds. The highest BCUT2D eigenvalue weighted by Crippen LogP contribution is 2.44. The molecule has 0 spiro atoms. The molecule has 1 heterocycles. The Balaban J connectivity index is 1.74. The molecule has 0 fully saturated rings. The molecule has 174 valence electrons. The summed E-state index contributed by atoms with van der Waals surface area (Å²) in [6.07, 6.45) is 0. The molecule has 1 nitrogen and oxygen atoms in total. The second-order valence-electron chi connectivity index (χ2n) is 9.48. The second kappa shape index (κ2) is 9.22. The smallest absolute Gasteiger partial charge is 0.184 e. The SMILES string of the molecule is Cc1ccc(-c2cc(-c3ccccc3)cc(-c3ccc(C)cc3)c2-c2sc3ccccc3[n+]2C)cc1. The maximum Gasteiger partial charge on any atom is 0.271 e. The number of benzene rings is 5. The fourth-order valence-electron chi connectivity index (χ4n) is 4.91. The number of aryl methyl sites for hydroxylation is 3. The third-order valence-electron chi connectivity index (χ3n) is 6.92. The van der Waals surface area contributed by atoms with Crippen molar-refractivity contribution in [3.8, 4) is 44.0 Å². The monoisotopic (exact) mass is 482 g/mol. The summed E-state index contributed by atoms with van der Waals surface area (Å²) in [6.45, 7) is 4.30. The molecular weight excluding hydrogens is 454 g/mol. The summed E-state index contributed by atoms with van der Waals surface area (Å²) in [5.41, 5.74) is 12.5. The number of hydrogen-bond acceptors (Lipinski definition) is 1. The molecule has 1 aromatic heterocycles. The van der Waals surface area contributed by atoms with E-state index in [2.05, 4.69) is 141 Å². The van der Waals surface area contributed by atoms with Crippen molar-refractivity contribution in [1.82, 2.24) is 0 Å². The highest BCUT2D eigenvalue weighted by Gasteiger charge is 2.26. The standard InChI is InChI=1S/C34H28NS/c1-23-13-17-26(18-14-23)29-21-28(25-9-5-4-6-10-25)22-30(27-19-15-24(2)16-20-27)33(29)34-35(3)31-11-7-8-12-32(31)36-34/h4-22H,1-3H3/q+1. The maximum absolute atomic E-state index is 2.37. The maximum atomic E-state index is 2.37. The topological polar surface area (TPSA) is 3.88 Å². The van der Waals surface area contributed by atoms with Crippen LogP contribution in [0.25, 0.3) is 54.2 Å². The molecule has 6 aromatic rings. The van der Waals surface area contributed by atoms with E-state index in [0.29, 0.717) is 0 Å². The minimum absolute atomic E-state index is 1.23. The van der Waals surface area contributed by atoms with Crippen LogP contribution in [-0.4, -0.2) is 0 Å². The van der Waals surface area contributed by atoms with Crippen molar-refractivity contribution in [3.63, 3.8) is 0 Å². The van der Waals surface area contributed by atoms with Gasteiger partial charge in [-0.05, 0) is 65.4 Å². The van der Waals surface area contributed by atoms with Crippen LogP contribution < -0.4 is 4.57 Å². The summed E-state index contributed by atoms with van der Waals surface area (Å²) in [7, 11) is 2.19. The summed E-state index contributed by atoms with van der Waals surface area (Å²) < 4.78 is 3.65. The quantitative estimate of drug-likeness (QED) is 0.221. The number of thiazole rings is 1. The number of fused-ring (bicyclic) bond motifs is 1. The molecule has 36 heavy (non-hydrogen) atoms. The molecule has 0 aliphatic carbocycles. The molecule has 0 radical (unpaired) electrons. The van der Waals surface area contributed by atoms with Gasteiger partial charge in [0.15, 0.2) is 0 Å². The molecule has 0 bridgehead atoms. The first-order valence-electron chi connectivity index (χ1n) is 12.3. The Hall–Kier alpha value is -4.01. The lowest BCUT2D eigenvalue weighted by molar-refractivity contribution is -0.629. The van der Waals surface area contributed by atoms with Crippen LogP contribution in [0.1, 0.15) is 11.1 Å². The normalized spacial score (nSPS) is 11.2. The lowest BCUT2D eigenvalue weighted by Crippen LogP contribution is -2.28. The van der Waals surface area contributed by atoms with Crippen LogP contribution in [0.15, 0.2) is 115 Å². The molecule has 0 aliphatic heterocycles. The summed E-state index contributed by atoms with van der Waals surface area (Å²) in [5, 5.41) is 1.27. The number of para-hydroxylation sites is 1. The van der Waals surface area contributed by atoms with Gasteiger partial charge < -0.3 is 0 Å². The van der Waals surface area contributed by atoms with Crippen molar-refractivity contribution in [3.05, 3.63) is 126 Å². The summed E-state index contributed by atoms with van der Waals surface area (Å²) >= 11 is 1.87. The third-order valence-corrected chi connectivity index (χ3v) is 8.16. The van der Waals surface area contributed by atoms with Crippen molar-refractivity contribution in [2.24, 2.45) is 7.05 Å². The average molecular weight is 483 g/mol. The molecule has 0 unspecified atom stereocenters. The van der Waals surface area contributed by atoms with Crippen molar-refractivity contribution in [2.45, 2.75) is 13.8 Å². The second-order valence-corrected chi connectivity index (χ2v) is 10.5. The van der Waals surface area contributed by atoms with Crippen LogP contribution >= 0.6 is 11.3 Å². The first kappa shape index (κ1) is 22.5. The molecule has 0 atom stereocenters. The van der Waals surface area contributed by atoms with Gasteiger partial charge in [-0.1, -0.05) is 113 Å². The predicted octanol–water partition coefficient (Wildman–Crippen LogP) is 9.01. The van der Waals surface area contributed by atoms with Crippen molar-refractivity contribution in [2.75, 3.05) is 0 Å². The van der Waals surface area contributed by atoms with Gasteiger partial charge in [-0.25, -0.2) is 0 Å². The lowest BCUT2D eigenvalue weighted by atomic mass is 9.87. The zero-order valence-corrected chi connectivity index (χ0v) is 21.6. The van der Waals surface area contributed by atoms with Gasteiger partial charge in [0, 0.05) is 6.07 Å². The number of rotatable bonds is 4. The Morgan fingerprint density at radius 3 is 1.61 bits per heavy atom. The molecule has 0 aliphatic rings. The number of aromatic nitrogens is 1. The fraction of sp³-hybridized carbons (Fsp3) is 0.0882. The van der Waals surface area contributed by atoms with Crippen molar-refractivity contribution in [1.29, 1.82) is 0 Å². The zero-order chi connectivity index (χ0) is 24.6. The van der Waals surface area contributed by atoms with Gasteiger partial charge in [-0.2, -0.15) is 4.57 Å². The average Bonchev–Trinajstić information content (AvgIpc) is 3.25. The Bertz CT molecular complexity index is 1610. The van der Waals surface area contributed by atoms with Gasteiger partial charge in [0.1, 0.15) is 11.7 Å². The number of hydrogen-bond donors (Lipinski definition) is 0. The molecular formula is C34H28NS+. The lowest BCUT2D eigenvalue weighted by Gasteiger charge is -2.16.